The molecule has 0 radical (unpaired) electrons. The summed E-state index contributed by atoms with van der Waals surface area (Å²) < 4.78 is 0. The summed E-state index contributed by atoms with van der Waals surface area (Å²) in [5.41, 5.74) is 0.840. The maximum atomic E-state index is 8.51. The van der Waals surface area contributed by atoms with Crippen molar-refractivity contribution in [2.24, 2.45) is 0 Å². The fourth-order valence-corrected chi connectivity index (χ4v) is 5.42. The number of halogens is 1. The van der Waals surface area contributed by atoms with E-state index in [4.69, 9.17) is 5.11 Å². The molecule has 150 valence electrons. The zero-order chi connectivity index (χ0) is 20.7. The van der Waals surface area contributed by atoms with Crippen LogP contribution in [0.25, 0.3) is 0 Å². The fourth-order valence-electron chi connectivity index (χ4n) is 2.84. The molecule has 4 aromatic carbocycles. The smallest absolute Gasteiger partial charge is 0.0620 e. The van der Waals surface area contributed by atoms with Crippen LogP contribution in [-0.4, -0.2) is 5.11 Å². The van der Waals surface area contributed by atoms with Crippen molar-refractivity contribution in [3.63, 3.8) is 0 Å². The van der Waals surface area contributed by atoms with Crippen molar-refractivity contribution in [1.29, 1.82) is 0 Å². The van der Waals surface area contributed by atoms with Gasteiger partial charge < -0.3 is 5.11 Å². The fraction of sp³-hybridized carbons (Fsp3) is 0.0400. The van der Waals surface area contributed by atoms with E-state index in [-0.39, 0.29) is 6.61 Å². The Bertz CT molecular complexity index is 812. The molecule has 0 aliphatic rings. The van der Waals surface area contributed by atoms with Crippen LogP contribution in [0.1, 0.15) is 5.56 Å². The molecule has 0 amide bonds. The van der Waals surface area contributed by atoms with Gasteiger partial charge in [0.1, 0.15) is 15.9 Å². The molecule has 4 heteroatoms. The zero-order valence-corrected chi connectivity index (χ0v) is 20.0. The van der Waals surface area contributed by atoms with Crippen molar-refractivity contribution in [2.75, 3.05) is 0 Å². The minimum atomic E-state index is -0.877. The Morgan fingerprint density at radius 1 is 0.621 bits per heavy atom. The molecular weight excluding hydrogens is 534 g/mol. The molecule has 0 atom stereocenters. The van der Waals surface area contributed by atoms with Crippen LogP contribution in [0.3, 0.4) is 0 Å². The molecule has 1 N–H and O–H groups in total. The van der Waals surface area contributed by atoms with Gasteiger partial charge in [-0.3, -0.25) is 0 Å². The van der Waals surface area contributed by atoms with Crippen LogP contribution in [-0.2, 0) is 23.8 Å². The van der Waals surface area contributed by atoms with Crippen molar-refractivity contribution in [1.82, 2.24) is 0 Å². The maximum absolute atomic E-state index is 8.51. The van der Waals surface area contributed by atoms with Crippen molar-refractivity contribution in [3.8, 4) is 0 Å². The Balaban J connectivity index is 0.000000252. The minimum Gasteiger partial charge on any atom is -0.0620 e. The van der Waals surface area contributed by atoms with Crippen molar-refractivity contribution < 1.29 is 22.3 Å². The van der Waals surface area contributed by atoms with E-state index in [0.717, 1.165) is 5.56 Å². The van der Waals surface area contributed by atoms with Gasteiger partial charge in [0, 0.05) is 6.61 Å². The minimum absolute atomic E-state index is 0.0842. The summed E-state index contributed by atoms with van der Waals surface area (Å²) in [5, 5.41) is 12.8. The van der Waals surface area contributed by atoms with Crippen molar-refractivity contribution >= 4 is 37.3 Å². The first kappa shape index (κ1) is 23.7. The van der Waals surface area contributed by atoms with Gasteiger partial charge in [-0.15, -0.1) is 5.56 Å². The number of aliphatic hydroxyl groups excluding tert-OH is 1. The average molecular weight is 557 g/mol. The van der Waals surface area contributed by atoms with E-state index >= 15 is 0 Å². The van der Waals surface area contributed by atoms with Gasteiger partial charge >= 0.3 is 30.6 Å². The third-order valence-electron chi connectivity index (χ3n) is 4.13. The molecule has 0 bridgehead atoms. The number of rotatable bonds is 4. The van der Waals surface area contributed by atoms with Crippen LogP contribution in [0.5, 0.6) is 0 Å². The largest absolute Gasteiger partial charge is 0.102 e. The normalized spacial score (nSPS) is 9.69. The van der Waals surface area contributed by atoms with Crippen LogP contribution < -0.4 is 15.9 Å². The van der Waals surface area contributed by atoms with Gasteiger partial charge in [-0.1, -0.05) is 54.6 Å². The van der Waals surface area contributed by atoms with E-state index in [1.54, 1.807) is 6.07 Å². The first-order valence-electron chi connectivity index (χ1n) is 9.10. The average Bonchev–Trinajstić information content (AvgIpc) is 2.84. The summed E-state index contributed by atoms with van der Waals surface area (Å²) >= 11 is 5.35. The summed E-state index contributed by atoms with van der Waals surface area (Å²) in [5.74, 6) is 0. The van der Waals surface area contributed by atoms with Crippen LogP contribution in [0.15, 0.2) is 115 Å². The van der Waals surface area contributed by atoms with Gasteiger partial charge in [0.05, 0.1) is 7.92 Å². The van der Waals surface area contributed by atoms with Gasteiger partial charge in [-0.05, 0) is 36.4 Å². The Morgan fingerprint density at radius 2 is 1.00 bits per heavy atom. The van der Waals surface area contributed by atoms with Crippen LogP contribution in [0.2, 0.25) is 0 Å². The summed E-state index contributed by atoms with van der Waals surface area (Å²) in [4.78, 5) is 0. The quantitative estimate of drug-likeness (QED) is 0.213. The summed E-state index contributed by atoms with van der Waals surface area (Å²) in [6.45, 7) is 0.0842. The Morgan fingerprint density at radius 3 is 1.28 bits per heavy atom. The maximum Gasteiger partial charge on any atom is 0.102 e. The topological polar surface area (TPSA) is 20.2 Å². The molecule has 29 heavy (non-hydrogen) atoms. The van der Waals surface area contributed by atoms with Gasteiger partial charge in [0.15, 0.2) is 0 Å². The standard InChI is InChI=1S/C18H15P.C7H7O.BrH.Pd/c1-4-10-16(11-5-1)19(17-12-6-2-7-13-17)18-14-8-3-9-15-18;8-6-7-4-2-1-3-5-7;;/h1-15H;1-4,8H,6H2;1H;/q;-1;;+2. The summed E-state index contributed by atoms with van der Waals surface area (Å²) in [6, 6.07) is 42.7. The SMILES string of the molecule is OCc1[c-]cccc1.[Br][Pd+].c1ccc([PH+](c2ccccc2)c2ccccc2)cc1. The summed E-state index contributed by atoms with van der Waals surface area (Å²) in [7, 11) is -0.877. The van der Waals surface area contributed by atoms with Crippen molar-refractivity contribution in [2.45, 2.75) is 6.61 Å². The van der Waals surface area contributed by atoms with Crippen molar-refractivity contribution in [3.05, 3.63) is 127 Å². The van der Waals surface area contributed by atoms with Gasteiger partial charge in [0.2, 0.25) is 0 Å². The Hall–Kier alpha value is -1.59. The summed E-state index contributed by atoms with van der Waals surface area (Å²) in [6.07, 6.45) is 0. The molecule has 0 saturated heterocycles. The third-order valence-corrected chi connectivity index (χ3v) is 6.86. The molecule has 0 aliphatic heterocycles. The number of benzene rings is 4. The molecule has 1 nitrogen and oxygen atoms in total. The van der Waals surface area contributed by atoms with Crippen LogP contribution >= 0.6 is 21.4 Å². The molecule has 0 saturated carbocycles. The van der Waals surface area contributed by atoms with Gasteiger partial charge in [-0.2, -0.15) is 30.3 Å². The second-order valence-corrected chi connectivity index (χ2v) is 8.50. The predicted molar refractivity (Wildman–Crippen MR) is 127 cm³/mol. The van der Waals surface area contributed by atoms with Gasteiger partial charge in [0.25, 0.3) is 0 Å². The Kier molecular flexibility index (Phi) is 11.8. The zero-order valence-electron chi connectivity index (χ0n) is 15.8. The molecule has 0 heterocycles. The van der Waals surface area contributed by atoms with Gasteiger partial charge in [-0.25, -0.2) is 0 Å². The third kappa shape index (κ3) is 7.98. The first-order chi connectivity index (χ1) is 14.4. The molecule has 4 aromatic rings. The number of aliphatic hydroxyl groups is 1. The van der Waals surface area contributed by atoms with E-state index in [1.807, 2.05) is 18.2 Å². The molecular formula is C25H23BrOPPd+. The number of hydrogen-bond acceptors (Lipinski definition) is 1. The van der Waals surface area contributed by atoms with E-state index in [1.165, 1.54) is 15.9 Å². The second kappa shape index (κ2) is 14.4. The van der Waals surface area contributed by atoms with E-state index in [0.29, 0.717) is 0 Å². The molecule has 0 spiro atoms. The molecule has 4 rings (SSSR count). The van der Waals surface area contributed by atoms with Crippen LogP contribution in [0.4, 0.5) is 0 Å². The van der Waals surface area contributed by atoms with E-state index in [2.05, 4.69) is 128 Å². The molecule has 0 aliphatic carbocycles. The molecule has 0 aromatic heterocycles. The van der Waals surface area contributed by atoms with Crippen LogP contribution in [0, 0.1) is 6.07 Å². The first-order valence-corrected chi connectivity index (χ1v) is 14.2. The monoisotopic (exact) mass is 555 g/mol. The second-order valence-electron chi connectivity index (χ2n) is 6.02. The molecule has 0 unspecified atom stereocenters. The predicted octanol–water partition coefficient (Wildman–Crippen LogP) is 5.00. The Labute approximate surface area is 192 Å². The van der Waals surface area contributed by atoms with E-state index < -0.39 is 7.92 Å². The van der Waals surface area contributed by atoms with E-state index in [9.17, 15) is 0 Å². The molecule has 0 fully saturated rings. The number of hydrogen-bond donors (Lipinski definition) is 1.